The molecule has 1 amide bonds. The maximum Gasteiger partial charge on any atom is 0.339 e. The number of carbonyl (C=O) groups excluding carboxylic acids is 1. The minimum atomic E-state index is -0.907. The molecule has 26 heavy (non-hydrogen) atoms. The van der Waals surface area contributed by atoms with Gasteiger partial charge in [0.15, 0.2) is 0 Å². The van der Waals surface area contributed by atoms with E-state index in [1.165, 1.54) is 30.6 Å². The number of fused-ring (bicyclic) bond motifs is 1. The van der Waals surface area contributed by atoms with Gasteiger partial charge in [-0.2, -0.15) is 0 Å². The Morgan fingerprint density at radius 1 is 1.19 bits per heavy atom. The molecule has 2 aliphatic rings. The first kappa shape index (κ1) is 19.4. The molecule has 1 heterocycles. The van der Waals surface area contributed by atoms with Gasteiger partial charge >= 0.3 is 5.97 Å². The summed E-state index contributed by atoms with van der Waals surface area (Å²) in [6.45, 7) is 4.43. The van der Waals surface area contributed by atoms with E-state index in [2.05, 4.69) is 19.2 Å². The number of unbranched alkanes of at least 4 members (excludes halogenated alkanes) is 1. The predicted molar refractivity (Wildman–Crippen MR) is 106 cm³/mol. The summed E-state index contributed by atoms with van der Waals surface area (Å²) in [7, 11) is 0. The molecule has 0 spiro atoms. The van der Waals surface area contributed by atoms with Crippen molar-refractivity contribution in [3.05, 3.63) is 16.0 Å². The number of aromatic carboxylic acids is 1. The summed E-state index contributed by atoms with van der Waals surface area (Å²) in [6, 6.07) is 0. The van der Waals surface area contributed by atoms with Crippen molar-refractivity contribution >= 4 is 28.2 Å². The van der Waals surface area contributed by atoms with Crippen molar-refractivity contribution < 1.29 is 14.7 Å². The first-order valence-electron chi connectivity index (χ1n) is 10.2. The van der Waals surface area contributed by atoms with Crippen molar-refractivity contribution in [3.63, 3.8) is 0 Å². The quantitative estimate of drug-likeness (QED) is 0.687. The number of carboxylic acid groups (broad SMARTS) is 1. The van der Waals surface area contributed by atoms with Crippen LogP contribution in [0.1, 0.15) is 86.0 Å². The van der Waals surface area contributed by atoms with E-state index in [1.807, 2.05) is 0 Å². The molecule has 2 N–H and O–H groups in total. The number of hydrogen-bond acceptors (Lipinski definition) is 3. The van der Waals surface area contributed by atoms with E-state index in [0.29, 0.717) is 16.5 Å². The smallest absolute Gasteiger partial charge is 0.339 e. The monoisotopic (exact) mass is 377 g/mol. The average Bonchev–Trinajstić information content (AvgIpc) is 2.97. The van der Waals surface area contributed by atoms with E-state index >= 15 is 0 Å². The SMILES string of the molecule is CCCCC1CCC(C(=O)Nc2sc3c(c2C(=O)O)CCC(C)C3)CC1. The average molecular weight is 378 g/mol. The molecule has 0 bridgehead atoms. The van der Waals surface area contributed by atoms with Crippen LogP contribution in [0.4, 0.5) is 5.00 Å². The van der Waals surface area contributed by atoms with Crippen molar-refractivity contribution in [3.8, 4) is 0 Å². The van der Waals surface area contributed by atoms with Gasteiger partial charge in [0.2, 0.25) is 5.91 Å². The fourth-order valence-electron chi connectivity index (χ4n) is 4.49. The minimum absolute atomic E-state index is 0.0214. The molecular weight excluding hydrogens is 346 g/mol. The Labute approximate surface area is 160 Å². The van der Waals surface area contributed by atoms with Gasteiger partial charge in [0, 0.05) is 10.8 Å². The Morgan fingerprint density at radius 2 is 1.92 bits per heavy atom. The van der Waals surface area contributed by atoms with Crippen LogP contribution in [-0.2, 0) is 17.6 Å². The molecule has 1 atom stereocenters. The fraction of sp³-hybridized carbons (Fsp3) is 0.714. The molecule has 3 rings (SSSR count). The number of carboxylic acids is 1. The van der Waals surface area contributed by atoms with Crippen LogP contribution in [-0.4, -0.2) is 17.0 Å². The highest BCUT2D eigenvalue weighted by molar-refractivity contribution is 7.17. The molecule has 2 aliphatic carbocycles. The van der Waals surface area contributed by atoms with Gasteiger partial charge in [0.25, 0.3) is 0 Å². The van der Waals surface area contributed by atoms with Gasteiger partial charge in [-0.15, -0.1) is 11.3 Å². The zero-order valence-corrected chi connectivity index (χ0v) is 16.8. The number of carbonyl (C=O) groups is 2. The summed E-state index contributed by atoms with van der Waals surface area (Å²) >= 11 is 1.49. The van der Waals surface area contributed by atoms with E-state index in [0.717, 1.165) is 61.3 Å². The van der Waals surface area contributed by atoms with E-state index < -0.39 is 5.97 Å². The van der Waals surface area contributed by atoms with Gasteiger partial charge in [-0.3, -0.25) is 4.79 Å². The number of rotatable bonds is 6. The molecule has 0 aliphatic heterocycles. The lowest BCUT2D eigenvalue weighted by Crippen LogP contribution is -2.27. The molecule has 144 valence electrons. The number of hydrogen-bond donors (Lipinski definition) is 2. The van der Waals surface area contributed by atoms with Crippen molar-refractivity contribution in [2.75, 3.05) is 5.32 Å². The number of amides is 1. The second-order valence-electron chi connectivity index (χ2n) is 8.21. The first-order chi connectivity index (χ1) is 12.5. The normalized spacial score (nSPS) is 25.5. The van der Waals surface area contributed by atoms with Crippen LogP contribution in [0.2, 0.25) is 0 Å². The van der Waals surface area contributed by atoms with Gasteiger partial charge in [0.1, 0.15) is 5.00 Å². The summed E-state index contributed by atoms with van der Waals surface area (Å²) in [6.07, 6.45) is 10.7. The van der Waals surface area contributed by atoms with Crippen molar-refractivity contribution in [2.24, 2.45) is 17.8 Å². The van der Waals surface area contributed by atoms with Crippen LogP contribution in [0.15, 0.2) is 0 Å². The maximum atomic E-state index is 12.7. The van der Waals surface area contributed by atoms with Crippen LogP contribution < -0.4 is 5.32 Å². The Bertz CT molecular complexity index is 658. The molecule has 1 fully saturated rings. The summed E-state index contributed by atoms with van der Waals surface area (Å²) in [5.41, 5.74) is 1.31. The minimum Gasteiger partial charge on any atom is -0.478 e. The molecule has 0 aromatic carbocycles. The van der Waals surface area contributed by atoms with Crippen LogP contribution in [0.3, 0.4) is 0 Å². The highest BCUT2D eigenvalue weighted by Gasteiger charge is 2.31. The molecule has 4 nitrogen and oxygen atoms in total. The zero-order chi connectivity index (χ0) is 18.7. The van der Waals surface area contributed by atoms with Crippen molar-refractivity contribution in [1.29, 1.82) is 0 Å². The predicted octanol–water partition coefficient (Wildman–Crippen LogP) is 5.51. The second kappa shape index (κ2) is 8.55. The largest absolute Gasteiger partial charge is 0.478 e. The summed E-state index contributed by atoms with van der Waals surface area (Å²) in [5.74, 6) is 0.505. The molecule has 1 saturated carbocycles. The lowest BCUT2D eigenvalue weighted by Gasteiger charge is -2.27. The Morgan fingerprint density at radius 3 is 2.58 bits per heavy atom. The third-order valence-electron chi connectivity index (χ3n) is 6.15. The van der Waals surface area contributed by atoms with Gasteiger partial charge < -0.3 is 10.4 Å². The number of thiophene rings is 1. The maximum absolute atomic E-state index is 12.7. The van der Waals surface area contributed by atoms with E-state index in [9.17, 15) is 14.7 Å². The fourth-order valence-corrected chi connectivity index (χ4v) is 5.89. The second-order valence-corrected chi connectivity index (χ2v) is 9.32. The van der Waals surface area contributed by atoms with Gasteiger partial charge in [-0.05, 0) is 62.3 Å². The van der Waals surface area contributed by atoms with Crippen molar-refractivity contribution in [1.82, 2.24) is 0 Å². The topological polar surface area (TPSA) is 66.4 Å². The number of anilines is 1. The highest BCUT2D eigenvalue weighted by atomic mass is 32.1. The molecular formula is C21H31NO3S. The molecule has 1 aromatic heterocycles. The van der Waals surface area contributed by atoms with E-state index in [-0.39, 0.29) is 11.8 Å². The summed E-state index contributed by atoms with van der Waals surface area (Å²) in [4.78, 5) is 25.7. The van der Waals surface area contributed by atoms with Crippen molar-refractivity contribution in [2.45, 2.75) is 78.1 Å². The lowest BCUT2D eigenvalue weighted by atomic mass is 9.79. The molecule has 5 heteroatoms. The Hall–Kier alpha value is -1.36. The third kappa shape index (κ3) is 4.30. The van der Waals surface area contributed by atoms with Crippen LogP contribution in [0.25, 0.3) is 0 Å². The van der Waals surface area contributed by atoms with Crippen LogP contribution in [0, 0.1) is 17.8 Å². The zero-order valence-electron chi connectivity index (χ0n) is 16.0. The molecule has 0 radical (unpaired) electrons. The standard InChI is InChI=1S/C21H31NO3S/c1-3-4-5-14-7-9-15(10-8-14)19(23)22-20-18(21(24)25)16-11-6-13(2)12-17(16)26-20/h13-15H,3-12H2,1-2H3,(H,22,23)(H,24,25). The summed E-state index contributed by atoms with van der Waals surface area (Å²) < 4.78 is 0. The summed E-state index contributed by atoms with van der Waals surface area (Å²) in [5, 5.41) is 13.2. The van der Waals surface area contributed by atoms with Crippen LogP contribution in [0.5, 0.6) is 0 Å². The third-order valence-corrected chi connectivity index (χ3v) is 7.32. The van der Waals surface area contributed by atoms with Crippen LogP contribution >= 0.6 is 11.3 Å². The molecule has 0 saturated heterocycles. The molecule has 1 aromatic rings. The lowest BCUT2D eigenvalue weighted by molar-refractivity contribution is -0.121. The highest BCUT2D eigenvalue weighted by Crippen LogP contribution is 2.40. The van der Waals surface area contributed by atoms with Gasteiger partial charge in [-0.25, -0.2) is 4.79 Å². The van der Waals surface area contributed by atoms with Gasteiger partial charge in [-0.1, -0.05) is 33.1 Å². The Balaban J connectivity index is 1.66. The number of nitrogens with one attached hydrogen (secondary N) is 1. The first-order valence-corrected chi connectivity index (χ1v) is 11.0. The Kier molecular flexibility index (Phi) is 6.38. The van der Waals surface area contributed by atoms with Gasteiger partial charge in [0.05, 0.1) is 5.56 Å². The molecule has 1 unspecified atom stereocenters. The van der Waals surface area contributed by atoms with E-state index in [1.54, 1.807) is 0 Å². The van der Waals surface area contributed by atoms with E-state index in [4.69, 9.17) is 0 Å².